The predicted octanol–water partition coefficient (Wildman–Crippen LogP) is 1.76. The molecule has 2 heterocycles. The summed E-state index contributed by atoms with van der Waals surface area (Å²) in [5.41, 5.74) is 0. The first-order valence-electron chi connectivity index (χ1n) is 6.64. The highest BCUT2D eigenvalue weighted by Gasteiger charge is 2.26. The Morgan fingerprint density at radius 2 is 2.37 bits per heavy atom. The van der Waals surface area contributed by atoms with Gasteiger partial charge >= 0.3 is 0 Å². The number of halogens is 1. The summed E-state index contributed by atoms with van der Waals surface area (Å²) in [7, 11) is 1.69. The molecule has 1 N–H and O–H groups in total. The second-order valence-electron chi connectivity index (χ2n) is 4.72. The molecule has 0 spiro atoms. The molecule has 1 amide bonds. The predicted molar refractivity (Wildman–Crippen MR) is 78.1 cm³/mol. The largest absolute Gasteiger partial charge is 0.359 e. The smallest absolute Gasteiger partial charge is 0.224 e. The lowest BCUT2D eigenvalue weighted by Gasteiger charge is -2.32. The maximum atomic E-state index is 11.8. The van der Waals surface area contributed by atoms with Crippen molar-refractivity contribution in [1.29, 1.82) is 0 Å². The summed E-state index contributed by atoms with van der Waals surface area (Å²) in [6.07, 6.45) is 2.77. The van der Waals surface area contributed by atoms with Gasteiger partial charge in [0.25, 0.3) is 0 Å². The van der Waals surface area contributed by atoms with Crippen LogP contribution in [0.4, 0.5) is 5.82 Å². The number of hydrogen-bond donors (Lipinski definition) is 1. The zero-order valence-corrected chi connectivity index (χ0v) is 12.9. The van der Waals surface area contributed by atoms with E-state index in [-0.39, 0.29) is 11.8 Å². The van der Waals surface area contributed by atoms with E-state index in [1.54, 1.807) is 7.05 Å². The van der Waals surface area contributed by atoms with E-state index in [1.165, 1.54) is 0 Å². The first-order valence-corrected chi connectivity index (χ1v) is 7.43. The summed E-state index contributed by atoms with van der Waals surface area (Å²) in [4.78, 5) is 22.8. The normalized spacial score (nSPS) is 19.3. The third-order valence-corrected chi connectivity index (χ3v) is 3.81. The second-order valence-corrected chi connectivity index (χ2v) is 5.53. The van der Waals surface area contributed by atoms with Crippen LogP contribution in [0.2, 0.25) is 0 Å². The first kappa shape index (κ1) is 14.2. The van der Waals surface area contributed by atoms with Crippen molar-refractivity contribution in [3.05, 3.63) is 16.5 Å². The van der Waals surface area contributed by atoms with Gasteiger partial charge in [-0.25, -0.2) is 9.97 Å². The summed E-state index contributed by atoms with van der Waals surface area (Å²) in [6.45, 7) is 3.71. The van der Waals surface area contributed by atoms with Gasteiger partial charge in [0.2, 0.25) is 5.91 Å². The van der Waals surface area contributed by atoms with Crippen molar-refractivity contribution in [2.45, 2.75) is 26.2 Å². The van der Waals surface area contributed by atoms with Crippen LogP contribution in [0.25, 0.3) is 0 Å². The fraction of sp³-hybridized carbons (Fsp3) is 0.615. The number of aryl methyl sites for hydroxylation is 1. The van der Waals surface area contributed by atoms with Crippen molar-refractivity contribution in [2.75, 3.05) is 25.0 Å². The summed E-state index contributed by atoms with van der Waals surface area (Å²) >= 11 is 3.42. The van der Waals surface area contributed by atoms with Crippen LogP contribution in [0.1, 0.15) is 25.6 Å². The Morgan fingerprint density at radius 3 is 3.05 bits per heavy atom. The number of hydrogen-bond acceptors (Lipinski definition) is 4. The molecular weight excluding hydrogens is 308 g/mol. The summed E-state index contributed by atoms with van der Waals surface area (Å²) in [5.74, 6) is 1.91. The zero-order chi connectivity index (χ0) is 13.8. The third kappa shape index (κ3) is 3.43. The molecule has 104 valence electrons. The molecule has 1 saturated heterocycles. The molecule has 0 aliphatic carbocycles. The highest BCUT2D eigenvalue weighted by molar-refractivity contribution is 9.10. The van der Waals surface area contributed by atoms with Crippen molar-refractivity contribution in [3.63, 3.8) is 0 Å². The fourth-order valence-electron chi connectivity index (χ4n) is 2.38. The lowest BCUT2D eigenvalue weighted by molar-refractivity contribution is -0.124. The Labute approximate surface area is 121 Å². The Bertz CT molecular complexity index is 466. The molecule has 1 unspecified atom stereocenters. The van der Waals surface area contributed by atoms with Gasteiger partial charge in [-0.05, 0) is 28.8 Å². The molecule has 0 aromatic carbocycles. The van der Waals surface area contributed by atoms with Gasteiger partial charge in [-0.15, -0.1) is 0 Å². The molecule has 1 aliphatic heterocycles. The lowest BCUT2D eigenvalue weighted by atomic mass is 9.97. The number of carbonyl (C=O) groups excluding carboxylic acids is 1. The van der Waals surface area contributed by atoms with Crippen LogP contribution in [0.15, 0.2) is 10.7 Å². The Balaban J connectivity index is 2.17. The van der Waals surface area contributed by atoms with Crippen LogP contribution in [0, 0.1) is 5.92 Å². The van der Waals surface area contributed by atoms with Crippen molar-refractivity contribution in [3.8, 4) is 0 Å². The molecule has 1 aliphatic rings. The molecular formula is C13H19BrN4O. The van der Waals surface area contributed by atoms with Gasteiger partial charge in [0, 0.05) is 32.6 Å². The van der Waals surface area contributed by atoms with Crippen molar-refractivity contribution in [1.82, 2.24) is 15.3 Å². The summed E-state index contributed by atoms with van der Waals surface area (Å²) in [6, 6.07) is 1.92. The van der Waals surface area contributed by atoms with Gasteiger partial charge in [0.1, 0.15) is 16.2 Å². The van der Waals surface area contributed by atoms with Crippen molar-refractivity contribution < 1.29 is 4.79 Å². The number of aromatic nitrogens is 2. The Hall–Kier alpha value is -1.17. The maximum absolute atomic E-state index is 11.8. The molecule has 0 bridgehead atoms. The van der Waals surface area contributed by atoms with Crippen molar-refractivity contribution in [2.24, 2.45) is 5.92 Å². The quantitative estimate of drug-likeness (QED) is 0.860. The summed E-state index contributed by atoms with van der Waals surface area (Å²) in [5, 5.41) is 2.73. The monoisotopic (exact) mass is 326 g/mol. The second kappa shape index (κ2) is 6.32. The van der Waals surface area contributed by atoms with E-state index < -0.39 is 0 Å². The zero-order valence-electron chi connectivity index (χ0n) is 11.3. The van der Waals surface area contributed by atoms with E-state index in [0.29, 0.717) is 0 Å². The number of nitrogens with zero attached hydrogens (tertiary/aromatic N) is 3. The topological polar surface area (TPSA) is 58.1 Å². The van der Waals surface area contributed by atoms with E-state index >= 15 is 0 Å². The number of piperidine rings is 1. The Kier molecular flexibility index (Phi) is 4.74. The van der Waals surface area contributed by atoms with Gasteiger partial charge in [-0.3, -0.25) is 4.79 Å². The number of anilines is 1. The van der Waals surface area contributed by atoms with Crippen LogP contribution < -0.4 is 10.2 Å². The molecule has 1 atom stereocenters. The standard InChI is InChI=1S/C13H19BrN4O/c1-3-11-16-10(14)7-12(17-11)18-6-4-5-9(8-18)13(19)15-2/h7,9H,3-6,8H2,1-2H3,(H,15,19). The average molecular weight is 327 g/mol. The minimum absolute atomic E-state index is 0.0533. The third-order valence-electron chi connectivity index (χ3n) is 3.41. The van der Waals surface area contributed by atoms with E-state index in [1.807, 2.05) is 13.0 Å². The Morgan fingerprint density at radius 1 is 1.58 bits per heavy atom. The minimum Gasteiger partial charge on any atom is -0.359 e. The van der Waals surface area contributed by atoms with E-state index in [9.17, 15) is 4.79 Å². The number of rotatable bonds is 3. The summed E-state index contributed by atoms with van der Waals surface area (Å²) < 4.78 is 0.802. The van der Waals surface area contributed by atoms with Gasteiger partial charge in [0.15, 0.2) is 0 Å². The highest BCUT2D eigenvalue weighted by atomic mass is 79.9. The van der Waals surface area contributed by atoms with E-state index in [2.05, 4.69) is 36.1 Å². The van der Waals surface area contributed by atoms with Crippen LogP contribution in [0.5, 0.6) is 0 Å². The lowest BCUT2D eigenvalue weighted by Crippen LogP contribution is -2.42. The highest BCUT2D eigenvalue weighted by Crippen LogP contribution is 2.23. The SMILES string of the molecule is CCc1nc(Br)cc(N2CCCC(C(=O)NC)C2)n1. The molecule has 19 heavy (non-hydrogen) atoms. The molecule has 1 fully saturated rings. The van der Waals surface area contributed by atoms with Crippen LogP contribution in [-0.2, 0) is 11.2 Å². The van der Waals surface area contributed by atoms with E-state index in [4.69, 9.17) is 0 Å². The van der Waals surface area contributed by atoms with Crippen LogP contribution >= 0.6 is 15.9 Å². The molecule has 5 nitrogen and oxygen atoms in total. The van der Waals surface area contributed by atoms with Gasteiger partial charge in [0.05, 0.1) is 5.92 Å². The van der Waals surface area contributed by atoms with Crippen LogP contribution in [0.3, 0.4) is 0 Å². The molecule has 1 aromatic heterocycles. The molecule has 1 aromatic rings. The fourth-order valence-corrected chi connectivity index (χ4v) is 2.78. The average Bonchev–Trinajstić information content (AvgIpc) is 2.45. The van der Waals surface area contributed by atoms with Crippen molar-refractivity contribution >= 4 is 27.7 Å². The van der Waals surface area contributed by atoms with Gasteiger partial charge in [-0.1, -0.05) is 6.92 Å². The molecule has 6 heteroatoms. The van der Waals surface area contributed by atoms with E-state index in [0.717, 1.165) is 48.6 Å². The first-order chi connectivity index (χ1) is 9.13. The number of carbonyl (C=O) groups is 1. The maximum Gasteiger partial charge on any atom is 0.224 e. The van der Waals surface area contributed by atoms with Gasteiger partial charge < -0.3 is 10.2 Å². The number of nitrogens with one attached hydrogen (secondary N) is 1. The number of amides is 1. The van der Waals surface area contributed by atoms with Crippen LogP contribution in [-0.4, -0.2) is 36.0 Å². The molecule has 0 saturated carbocycles. The minimum atomic E-state index is 0.0533. The van der Waals surface area contributed by atoms with Gasteiger partial charge in [-0.2, -0.15) is 0 Å². The molecule has 2 rings (SSSR count). The molecule has 0 radical (unpaired) electrons.